The molecule has 3 aliphatic rings. The van der Waals surface area contributed by atoms with Crippen molar-refractivity contribution < 1.29 is 4.74 Å². The van der Waals surface area contributed by atoms with Crippen LogP contribution < -0.4 is 0 Å². The van der Waals surface area contributed by atoms with Crippen LogP contribution in [-0.4, -0.2) is 12.7 Å². The summed E-state index contributed by atoms with van der Waals surface area (Å²) in [5.74, 6) is 2.68. The molecule has 0 aromatic heterocycles. The average molecular weight is 188 g/mol. The van der Waals surface area contributed by atoms with E-state index in [2.05, 4.69) is 30.9 Å². The third-order valence-electron chi connectivity index (χ3n) is 4.32. The summed E-state index contributed by atoms with van der Waals surface area (Å²) < 4.78 is 5.71. The third-order valence-corrected chi connectivity index (χ3v) is 4.32. The molecule has 1 nitrogen and oxygen atoms in total. The molecule has 74 valence electrons. The molecular weight excluding hydrogens is 172 g/mol. The van der Waals surface area contributed by atoms with Gasteiger partial charge in [-0.3, -0.25) is 0 Å². The predicted octanol–water partition coefficient (Wildman–Crippen LogP) is 2.57. The van der Waals surface area contributed by atoms with Gasteiger partial charge < -0.3 is 4.74 Å². The van der Waals surface area contributed by atoms with E-state index in [-0.39, 0.29) is 5.60 Å². The maximum atomic E-state index is 5.71. The van der Waals surface area contributed by atoms with Crippen LogP contribution in [0.25, 0.3) is 0 Å². The molecule has 14 heavy (non-hydrogen) atoms. The highest BCUT2D eigenvalue weighted by molar-refractivity contribution is 5.31. The molecule has 0 saturated heterocycles. The lowest BCUT2D eigenvalue weighted by atomic mass is 9.85. The van der Waals surface area contributed by atoms with E-state index in [1.165, 1.54) is 0 Å². The number of hydrogen-bond donors (Lipinski definition) is 0. The molecule has 0 radical (unpaired) electrons. The SMILES string of the molecule is C=C[C@]1(OC)C[C@H]2C=C[C@H]3C=C[C@H]1[C@@H]32. The summed E-state index contributed by atoms with van der Waals surface area (Å²) in [5.41, 5.74) is -0.0919. The maximum absolute atomic E-state index is 5.71. The van der Waals surface area contributed by atoms with Gasteiger partial charge in [0.2, 0.25) is 0 Å². The average Bonchev–Trinajstić information content (AvgIpc) is 2.85. The molecular formula is C13H16O. The zero-order chi connectivity index (χ0) is 9.76. The number of ether oxygens (including phenoxy) is 1. The van der Waals surface area contributed by atoms with Crippen molar-refractivity contribution >= 4 is 0 Å². The Bertz CT molecular complexity index is 328. The molecule has 3 aliphatic carbocycles. The summed E-state index contributed by atoms with van der Waals surface area (Å²) >= 11 is 0. The Hall–Kier alpha value is -0.820. The van der Waals surface area contributed by atoms with Crippen LogP contribution in [0.2, 0.25) is 0 Å². The lowest BCUT2D eigenvalue weighted by molar-refractivity contribution is 0.00881. The van der Waals surface area contributed by atoms with Gasteiger partial charge in [-0.05, 0) is 24.2 Å². The van der Waals surface area contributed by atoms with Gasteiger partial charge in [-0.15, -0.1) is 6.58 Å². The first-order valence-corrected chi connectivity index (χ1v) is 5.36. The lowest BCUT2D eigenvalue weighted by Gasteiger charge is -2.29. The van der Waals surface area contributed by atoms with Gasteiger partial charge in [0.15, 0.2) is 0 Å². The minimum atomic E-state index is -0.0919. The molecule has 0 aliphatic heterocycles. The van der Waals surface area contributed by atoms with E-state index in [1.807, 2.05) is 13.2 Å². The molecule has 0 bridgehead atoms. The van der Waals surface area contributed by atoms with Crippen LogP contribution in [0.5, 0.6) is 0 Å². The van der Waals surface area contributed by atoms with Crippen molar-refractivity contribution in [1.29, 1.82) is 0 Å². The summed E-state index contributed by atoms with van der Waals surface area (Å²) in [5, 5.41) is 0. The van der Waals surface area contributed by atoms with E-state index in [0.29, 0.717) is 17.8 Å². The van der Waals surface area contributed by atoms with Crippen LogP contribution in [0.1, 0.15) is 6.42 Å². The fraction of sp³-hybridized carbons (Fsp3) is 0.538. The highest BCUT2D eigenvalue weighted by Crippen LogP contribution is 2.57. The van der Waals surface area contributed by atoms with Gasteiger partial charge in [-0.1, -0.05) is 30.4 Å². The van der Waals surface area contributed by atoms with Crippen molar-refractivity contribution in [2.75, 3.05) is 7.11 Å². The summed E-state index contributed by atoms with van der Waals surface area (Å²) in [7, 11) is 1.81. The highest BCUT2D eigenvalue weighted by atomic mass is 16.5. The summed E-state index contributed by atoms with van der Waals surface area (Å²) in [6.45, 7) is 3.95. The van der Waals surface area contributed by atoms with Crippen molar-refractivity contribution in [1.82, 2.24) is 0 Å². The molecule has 0 heterocycles. The van der Waals surface area contributed by atoms with Crippen molar-refractivity contribution in [3.63, 3.8) is 0 Å². The second-order valence-electron chi connectivity index (χ2n) is 4.68. The molecule has 0 aromatic rings. The van der Waals surface area contributed by atoms with E-state index in [4.69, 9.17) is 4.74 Å². The Morgan fingerprint density at radius 3 is 2.86 bits per heavy atom. The molecule has 0 spiro atoms. The fourth-order valence-electron chi connectivity index (χ4n) is 3.61. The van der Waals surface area contributed by atoms with Crippen molar-refractivity contribution in [3.05, 3.63) is 37.0 Å². The van der Waals surface area contributed by atoms with Crippen LogP contribution in [0.4, 0.5) is 0 Å². The molecule has 0 unspecified atom stereocenters. The van der Waals surface area contributed by atoms with Crippen LogP contribution in [-0.2, 0) is 4.74 Å². The van der Waals surface area contributed by atoms with Gasteiger partial charge in [0, 0.05) is 13.0 Å². The molecule has 0 amide bonds. The van der Waals surface area contributed by atoms with Gasteiger partial charge in [-0.25, -0.2) is 0 Å². The molecule has 3 rings (SSSR count). The Labute approximate surface area is 85.1 Å². The quantitative estimate of drug-likeness (QED) is 0.605. The number of allylic oxidation sites excluding steroid dienone is 3. The summed E-state index contributed by atoms with van der Waals surface area (Å²) in [4.78, 5) is 0. The number of methoxy groups -OCH3 is 1. The van der Waals surface area contributed by atoms with E-state index < -0.39 is 0 Å². The molecule has 1 fully saturated rings. The van der Waals surface area contributed by atoms with Gasteiger partial charge in [0.25, 0.3) is 0 Å². The first-order chi connectivity index (χ1) is 6.80. The van der Waals surface area contributed by atoms with Crippen molar-refractivity contribution in [2.24, 2.45) is 23.7 Å². The topological polar surface area (TPSA) is 9.23 Å². The van der Waals surface area contributed by atoms with Gasteiger partial charge in [0.1, 0.15) is 0 Å². The van der Waals surface area contributed by atoms with Crippen molar-refractivity contribution in [2.45, 2.75) is 12.0 Å². The smallest absolute Gasteiger partial charge is 0.0927 e. The number of rotatable bonds is 2. The maximum Gasteiger partial charge on any atom is 0.0927 e. The highest BCUT2D eigenvalue weighted by Gasteiger charge is 2.55. The Kier molecular flexibility index (Phi) is 1.58. The lowest BCUT2D eigenvalue weighted by Crippen LogP contribution is -2.33. The van der Waals surface area contributed by atoms with Gasteiger partial charge in [0.05, 0.1) is 5.60 Å². The third kappa shape index (κ3) is 0.795. The summed E-state index contributed by atoms with van der Waals surface area (Å²) in [6.07, 6.45) is 12.5. The minimum absolute atomic E-state index is 0.0919. The minimum Gasteiger partial charge on any atom is -0.374 e. The Morgan fingerprint density at radius 1 is 1.36 bits per heavy atom. The molecule has 5 atom stereocenters. The standard InChI is InChI=1S/C13H16O/c1-3-13(14-2)8-10-5-4-9-6-7-11(13)12(9)10/h3-7,9-12H,1,8H2,2H3/t9-,10+,11-,12-,13-/m0/s1. The fourth-order valence-corrected chi connectivity index (χ4v) is 3.61. The molecule has 0 aromatic carbocycles. The monoisotopic (exact) mass is 188 g/mol. The molecule has 1 saturated carbocycles. The van der Waals surface area contributed by atoms with Crippen LogP contribution in [0.3, 0.4) is 0 Å². The normalized spacial score (nSPS) is 52.6. The first kappa shape index (κ1) is 8.49. The van der Waals surface area contributed by atoms with E-state index in [0.717, 1.165) is 12.3 Å². The van der Waals surface area contributed by atoms with Gasteiger partial charge >= 0.3 is 0 Å². The molecule has 1 heteroatoms. The van der Waals surface area contributed by atoms with Crippen molar-refractivity contribution in [3.8, 4) is 0 Å². The Balaban J connectivity index is 2.04. The Morgan fingerprint density at radius 2 is 2.14 bits per heavy atom. The van der Waals surface area contributed by atoms with E-state index in [1.54, 1.807) is 0 Å². The number of hydrogen-bond acceptors (Lipinski definition) is 1. The molecule has 0 N–H and O–H groups in total. The second kappa shape index (κ2) is 2.60. The summed E-state index contributed by atoms with van der Waals surface area (Å²) in [6, 6.07) is 0. The van der Waals surface area contributed by atoms with Gasteiger partial charge in [-0.2, -0.15) is 0 Å². The second-order valence-corrected chi connectivity index (χ2v) is 4.68. The van der Waals surface area contributed by atoms with Crippen LogP contribution >= 0.6 is 0 Å². The van der Waals surface area contributed by atoms with Crippen LogP contribution in [0, 0.1) is 23.7 Å². The van der Waals surface area contributed by atoms with E-state index >= 15 is 0 Å². The zero-order valence-electron chi connectivity index (χ0n) is 8.52. The van der Waals surface area contributed by atoms with Crippen LogP contribution in [0.15, 0.2) is 37.0 Å². The first-order valence-electron chi connectivity index (χ1n) is 5.36. The largest absolute Gasteiger partial charge is 0.374 e. The van der Waals surface area contributed by atoms with E-state index in [9.17, 15) is 0 Å². The zero-order valence-corrected chi connectivity index (χ0v) is 8.52. The predicted molar refractivity (Wildman–Crippen MR) is 56.8 cm³/mol.